The number of hydrogen-bond acceptors (Lipinski definition) is 3. The molecule has 0 radical (unpaired) electrons. The van der Waals surface area contributed by atoms with Crippen molar-refractivity contribution in [2.24, 2.45) is 0 Å². The minimum Gasteiger partial charge on any atom is -0.478 e. The van der Waals surface area contributed by atoms with E-state index < -0.39 is 5.97 Å². The van der Waals surface area contributed by atoms with E-state index in [1.807, 2.05) is 18.2 Å². The number of rotatable bonds is 3. The number of hydrogen-bond donors (Lipinski definition) is 1. The number of benzene rings is 1. The Hall–Kier alpha value is -1.81. The molecule has 0 bridgehead atoms. The first-order valence-electron chi connectivity index (χ1n) is 7.73. The maximum atomic E-state index is 10.7. The van der Waals surface area contributed by atoms with Crippen LogP contribution in [0.2, 0.25) is 0 Å². The first-order valence-corrected chi connectivity index (χ1v) is 7.73. The van der Waals surface area contributed by atoms with Crippen molar-refractivity contribution in [3.8, 4) is 0 Å². The molecule has 112 valence electrons. The highest BCUT2D eigenvalue weighted by molar-refractivity contribution is 5.87. The van der Waals surface area contributed by atoms with E-state index >= 15 is 0 Å². The highest BCUT2D eigenvalue weighted by atomic mass is 16.4. The summed E-state index contributed by atoms with van der Waals surface area (Å²) in [7, 11) is 0. The van der Waals surface area contributed by atoms with Gasteiger partial charge in [-0.05, 0) is 37.1 Å². The molecule has 2 aliphatic rings. The summed E-state index contributed by atoms with van der Waals surface area (Å²) in [6.07, 6.45) is 6.86. The number of carboxylic acids is 1. The smallest absolute Gasteiger partial charge is 0.328 e. The molecule has 2 fully saturated rings. The van der Waals surface area contributed by atoms with Crippen LogP contribution in [0.3, 0.4) is 0 Å². The van der Waals surface area contributed by atoms with E-state index in [-0.39, 0.29) is 0 Å². The number of nitrogens with zero attached hydrogens (tertiary/aromatic N) is 2. The number of carboxylic acid groups (broad SMARTS) is 1. The van der Waals surface area contributed by atoms with Gasteiger partial charge in [0, 0.05) is 37.4 Å². The van der Waals surface area contributed by atoms with Gasteiger partial charge < -0.3 is 10.0 Å². The van der Waals surface area contributed by atoms with Gasteiger partial charge in [-0.3, -0.25) is 4.90 Å². The molecule has 1 unspecified atom stereocenters. The molecule has 1 aromatic rings. The minimum absolute atomic E-state index is 0.656. The maximum Gasteiger partial charge on any atom is 0.328 e. The summed E-state index contributed by atoms with van der Waals surface area (Å²) in [5.41, 5.74) is 2.14. The Bertz CT molecular complexity index is 541. The quantitative estimate of drug-likeness (QED) is 0.867. The Labute approximate surface area is 125 Å². The Balaban J connectivity index is 1.79. The third-order valence-electron chi connectivity index (χ3n) is 4.52. The Morgan fingerprint density at radius 3 is 2.90 bits per heavy atom. The number of anilines is 1. The second-order valence-electron chi connectivity index (χ2n) is 5.86. The van der Waals surface area contributed by atoms with Gasteiger partial charge in [-0.25, -0.2) is 4.79 Å². The number of aliphatic carboxylic acids is 1. The molecule has 21 heavy (non-hydrogen) atoms. The molecule has 0 aromatic heterocycles. The molecule has 0 saturated carbocycles. The van der Waals surface area contributed by atoms with Gasteiger partial charge in [0.1, 0.15) is 0 Å². The summed E-state index contributed by atoms with van der Waals surface area (Å²) in [4.78, 5) is 15.8. The molecule has 0 amide bonds. The summed E-state index contributed by atoms with van der Waals surface area (Å²) < 4.78 is 0. The average molecular weight is 286 g/mol. The molecular weight excluding hydrogens is 264 g/mol. The lowest BCUT2D eigenvalue weighted by atomic mass is 9.98. The van der Waals surface area contributed by atoms with Crippen LogP contribution >= 0.6 is 0 Å². The van der Waals surface area contributed by atoms with Crippen molar-refractivity contribution in [2.45, 2.75) is 25.3 Å². The standard InChI is InChI=1S/C17H22N2O2/c20-17(21)9-8-14-5-1-2-7-16(14)19-12-11-18-10-4-3-6-15(18)13-19/h1-2,5,7-9,15H,3-4,6,10-13H2,(H,20,21)/b9-8+. The van der Waals surface area contributed by atoms with Gasteiger partial charge in [0.25, 0.3) is 0 Å². The van der Waals surface area contributed by atoms with Crippen LogP contribution in [0.25, 0.3) is 6.08 Å². The van der Waals surface area contributed by atoms with E-state index in [2.05, 4.69) is 15.9 Å². The minimum atomic E-state index is -0.901. The van der Waals surface area contributed by atoms with E-state index in [1.165, 1.54) is 31.9 Å². The van der Waals surface area contributed by atoms with E-state index in [9.17, 15) is 4.79 Å². The third-order valence-corrected chi connectivity index (χ3v) is 4.52. The molecular formula is C17H22N2O2. The first kappa shape index (κ1) is 14.1. The fraction of sp³-hybridized carbons (Fsp3) is 0.471. The molecule has 3 rings (SSSR count). The zero-order valence-electron chi connectivity index (χ0n) is 12.2. The molecule has 4 heteroatoms. The normalized spacial score (nSPS) is 23.2. The number of piperazine rings is 1. The van der Waals surface area contributed by atoms with E-state index in [4.69, 9.17) is 5.11 Å². The van der Waals surface area contributed by atoms with E-state index in [1.54, 1.807) is 6.08 Å². The number of piperidine rings is 1. The SMILES string of the molecule is O=C(O)/C=C/c1ccccc1N1CCN2CCCCC2C1. The number of fused-ring (bicyclic) bond motifs is 1. The topological polar surface area (TPSA) is 43.8 Å². The van der Waals surface area contributed by atoms with Crippen LogP contribution < -0.4 is 4.90 Å². The largest absolute Gasteiger partial charge is 0.478 e. The predicted octanol–water partition coefficient (Wildman–Crippen LogP) is 2.46. The van der Waals surface area contributed by atoms with Crippen molar-refractivity contribution >= 4 is 17.7 Å². The monoisotopic (exact) mass is 286 g/mol. The van der Waals surface area contributed by atoms with Crippen molar-refractivity contribution in [3.05, 3.63) is 35.9 Å². The van der Waals surface area contributed by atoms with Crippen LogP contribution in [-0.4, -0.2) is 48.2 Å². The van der Waals surface area contributed by atoms with Crippen LogP contribution in [-0.2, 0) is 4.79 Å². The molecule has 2 saturated heterocycles. The zero-order valence-corrected chi connectivity index (χ0v) is 12.2. The summed E-state index contributed by atoms with van der Waals surface area (Å²) >= 11 is 0. The molecule has 0 aliphatic carbocycles. The van der Waals surface area contributed by atoms with Crippen molar-refractivity contribution in [1.82, 2.24) is 4.90 Å². The fourth-order valence-corrected chi connectivity index (χ4v) is 3.45. The maximum absolute atomic E-state index is 10.7. The molecule has 2 heterocycles. The Morgan fingerprint density at radius 2 is 2.05 bits per heavy atom. The Kier molecular flexibility index (Phi) is 4.25. The first-order chi connectivity index (χ1) is 10.2. The van der Waals surface area contributed by atoms with E-state index in [0.29, 0.717) is 6.04 Å². The zero-order chi connectivity index (χ0) is 14.7. The molecule has 0 spiro atoms. The lowest BCUT2D eigenvalue weighted by Crippen LogP contribution is -2.55. The summed E-state index contributed by atoms with van der Waals surface area (Å²) in [5.74, 6) is -0.901. The van der Waals surface area contributed by atoms with Crippen LogP contribution in [0.5, 0.6) is 0 Å². The van der Waals surface area contributed by atoms with Crippen LogP contribution in [0.15, 0.2) is 30.3 Å². The highest BCUT2D eigenvalue weighted by Crippen LogP contribution is 2.27. The van der Waals surface area contributed by atoms with Gasteiger partial charge in [-0.2, -0.15) is 0 Å². The van der Waals surface area contributed by atoms with Crippen LogP contribution in [0, 0.1) is 0 Å². The lowest BCUT2D eigenvalue weighted by molar-refractivity contribution is -0.131. The second kappa shape index (κ2) is 6.31. The molecule has 4 nitrogen and oxygen atoms in total. The second-order valence-corrected chi connectivity index (χ2v) is 5.86. The van der Waals surface area contributed by atoms with Crippen molar-refractivity contribution in [1.29, 1.82) is 0 Å². The molecule has 1 atom stereocenters. The van der Waals surface area contributed by atoms with Gasteiger partial charge in [-0.15, -0.1) is 0 Å². The summed E-state index contributed by atoms with van der Waals surface area (Å²) in [6, 6.07) is 8.73. The molecule has 1 aromatic carbocycles. The Morgan fingerprint density at radius 1 is 1.19 bits per heavy atom. The molecule has 2 aliphatic heterocycles. The van der Waals surface area contributed by atoms with Crippen LogP contribution in [0.4, 0.5) is 5.69 Å². The average Bonchev–Trinajstić information content (AvgIpc) is 2.52. The van der Waals surface area contributed by atoms with Crippen molar-refractivity contribution in [2.75, 3.05) is 31.1 Å². The van der Waals surface area contributed by atoms with Gasteiger partial charge in [0.2, 0.25) is 0 Å². The third kappa shape index (κ3) is 3.27. The van der Waals surface area contributed by atoms with E-state index in [0.717, 1.165) is 30.9 Å². The van der Waals surface area contributed by atoms with Gasteiger partial charge in [0.15, 0.2) is 0 Å². The van der Waals surface area contributed by atoms with Crippen molar-refractivity contribution < 1.29 is 9.90 Å². The number of carbonyl (C=O) groups is 1. The predicted molar refractivity (Wildman–Crippen MR) is 84.5 cm³/mol. The van der Waals surface area contributed by atoms with Gasteiger partial charge in [0.05, 0.1) is 0 Å². The molecule has 1 N–H and O–H groups in total. The highest BCUT2D eigenvalue weighted by Gasteiger charge is 2.29. The fourth-order valence-electron chi connectivity index (χ4n) is 3.45. The number of para-hydroxylation sites is 1. The lowest BCUT2D eigenvalue weighted by Gasteiger charge is -2.45. The summed E-state index contributed by atoms with van der Waals surface area (Å²) in [6.45, 7) is 4.42. The van der Waals surface area contributed by atoms with Crippen LogP contribution in [0.1, 0.15) is 24.8 Å². The van der Waals surface area contributed by atoms with Crippen molar-refractivity contribution in [3.63, 3.8) is 0 Å². The summed E-state index contributed by atoms with van der Waals surface area (Å²) in [5, 5.41) is 8.82. The van der Waals surface area contributed by atoms with Gasteiger partial charge >= 0.3 is 5.97 Å². The van der Waals surface area contributed by atoms with Gasteiger partial charge in [-0.1, -0.05) is 24.6 Å².